The van der Waals surface area contributed by atoms with Crippen LogP contribution in [0.25, 0.3) is 16.9 Å². The van der Waals surface area contributed by atoms with E-state index < -0.39 is 0 Å². The van der Waals surface area contributed by atoms with Gasteiger partial charge in [-0.2, -0.15) is 0 Å². The lowest BCUT2D eigenvalue weighted by Crippen LogP contribution is -2.40. The first kappa shape index (κ1) is 28.6. The molecule has 11 nitrogen and oxygen atoms in total. The molecule has 3 heterocycles. The molecule has 44 heavy (non-hydrogen) atoms. The number of hydrogen-bond donors (Lipinski definition) is 2. The first-order valence-electron chi connectivity index (χ1n) is 14.2. The number of amides is 3. The highest BCUT2D eigenvalue weighted by Gasteiger charge is 2.19. The van der Waals surface area contributed by atoms with Crippen LogP contribution in [0.2, 0.25) is 0 Å². The van der Waals surface area contributed by atoms with Gasteiger partial charge >= 0.3 is 0 Å². The Morgan fingerprint density at radius 3 is 2.30 bits per heavy atom. The summed E-state index contributed by atoms with van der Waals surface area (Å²) in [4.78, 5) is 50.6. The molecule has 0 saturated carbocycles. The molecule has 6 rings (SSSR count). The Morgan fingerprint density at radius 2 is 1.57 bits per heavy atom. The summed E-state index contributed by atoms with van der Waals surface area (Å²) in [6.45, 7) is 2.28. The van der Waals surface area contributed by atoms with Gasteiger partial charge in [0.2, 0.25) is 0 Å². The van der Waals surface area contributed by atoms with E-state index in [0.717, 1.165) is 11.3 Å². The molecule has 1 saturated heterocycles. The van der Waals surface area contributed by atoms with E-state index in [0.29, 0.717) is 65.8 Å². The summed E-state index contributed by atoms with van der Waals surface area (Å²) in [5, 5.41) is 6.27. The molecule has 0 bridgehead atoms. The lowest BCUT2D eigenvalue weighted by atomic mass is 10.1. The number of nitrogens with zero attached hydrogens (tertiary/aromatic N) is 5. The maximum atomic E-state index is 13.0. The molecule has 0 aliphatic carbocycles. The molecule has 5 aromatic rings. The molecule has 0 unspecified atom stereocenters. The van der Waals surface area contributed by atoms with Crippen LogP contribution in [-0.2, 0) is 4.74 Å². The Bertz CT molecular complexity index is 1830. The minimum atomic E-state index is -0.290. The van der Waals surface area contributed by atoms with Gasteiger partial charge in [0.25, 0.3) is 17.7 Å². The second-order valence-corrected chi connectivity index (χ2v) is 10.6. The highest BCUT2D eigenvalue weighted by Crippen LogP contribution is 2.27. The molecular weight excluding hydrogens is 558 g/mol. The third-order valence-corrected chi connectivity index (χ3v) is 7.28. The van der Waals surface area contributed by atoms with Crippen LogP contribution in [0.1, 0.15) is 31.1 Å². The monoisotopic (exact) mass is 589 g/mol. The molecule has 2 aromatic heterocycles. The summed E-state index contributed by atoms with van der Waals surface area (Å²) in [5.74, 6) is 0.110. The summed E-state index contributed by atoms with van der Waals surface area (Å²) < 4.78 is 7.23. The number of morpholine rings is 1. The first-order valence-corrected chi connectivity index (χ1v) is 14.2. The van der Waals surface area contributed by atoms with Crippen molar-refractivity contribution in [2.24, 2.45) is 0 Å². The number of carbonyl (C=O) groups excluding carboxylic acids is 3. The van der Waals surface area contributed by atoms with Gasteiger partial charge in [-0.15, -0.1) is 0 Å². The van der Waals surface area contributed by atoms with Gasteiger partial charge in [0, 0.05) is 79.4 Å². The fourth-order valence-corrected chi connectivity index (χ4v) is 4.92. The molecule has 3 aromatic carbocycles. The van der Waals surface area contributed by atoms with Crippen molar-refractivity contribution in [1.29, 1.82) is 0 Å². The molecule has 0 atom stereocenters. The molecule has 222 valence electrons. The number of ether oxygens (including phenoxy) is 1. The maximum Gasteiger partial charge on any atom is 0.255 e. The van der Waals surface area contributed by atoms with Gasteiger partial charge in [-0.25, -0.2) is 9.97 Å². The number of imidazole rings is 1. The van der Waals surface area contributed by atoms with E-state index in [2.05, 4.69) is 15.6 Å². The number of benzene rings is 3. The fraction of sp³-hybridized carbons (Fsp3) is 0.182. The third-order valence-electron chi connectivity index (χ3n) is 7.28. The van der Waals surface area contributed by atoms with Gasteiger partial charge in [0.15, 0.2) is 11.5 Å². The van der Waals surface area contributed by atoms with Crippen LogP contribution in [0, 0.1) is 0 Å². The molecule has 1 fully saturated rings. The highest BCUT2D eigenvalue weighted by molar-refractivity contribution is 6.05. The molecule has 1 aliphatic heterocycles. The Labute approximate surface area is 254 Å². The summed E-state index contributed by atoms with van der Waals surface area (Å²) in [6, 6.07) is 21.3. The van der Waals surface area contributed by atoms with E-state index in [1.54, 1.807) is 67.7 Å². The van der Waals surface area contributed by atoms with Crippen molar-refractivity contribution < 1.29 is 19.1 Å². The summed E-state index contributed by atoms with van der Waals surface area (Å²) in [5.41, 5.74) is 5.02. The molecular formula is C33H31N7O4. The standard InChI is InChI=1S/C33H31N7O4/c1-38(2)32(42)23-8-6-22(7-9-23)31(41)36-27-5-3-4-25(20-27)28-21-40-15-14-34-30(40)29(37-28)35-26-12-10-24(11-13-26)33(43)39-16-18-44-19-17-39/h3-15,20-21H,16-19H2,1-2H3,(H,35,37)(H,36,41). The lowest BCUT2D eigenvalue weighted by molar-refractivity contribution is 0.0303. The van der Waals surface area contributed by atoms with E-state index in [1.807, 2.05) is 47.1 Å². The first-order chi connectivity index (χ1) is 21.4. The van der Waals surface area contributed by atoms with Gasteiger partial charge < -0.3 is 29.6 Å². The van der Waals surface area contributed by atoms with Crippen molar-refractivity contribution in [3.05, 3.63) is 108 Å². The van der Waals surface area contributed by atoms with E-state index in [1.165, 1.54) is 4.90 Å². The van der Waals surface area contributed by atoms with Gasteiger partial charge in [-0.1, -0.05) is 12.1 Å². The Hall–Kier alpha value is -5.55. The molecule has 0 spiro atoms. The second kappa shape index (κ2) is 12.4. The van der Waals surface area contributed by atoms with Gasteiger partial charge in [0.1, 0.15) is 0 Å². The van der Waals surface area contributed by atoms with E-state index in [-0.39, 0.29) is 17.7 Å². The van der Waals surface area contributed by atoms with E-state index in [4.69, 9.17) is 9.72 Å². The minimum absolute atomic E-state index is 0.0148. The van der Waals surface area contributed by atoms with Crippen LogP contribution >= 0.6 is 0 Å². The predicted molar refractivity (Wildman–Crippen MR) is 167 cm³/mol. The van der Waals surface area contributed by atoms with Gasteiger partial charge in [0.05, 0.1) is 18.9 Å². The van der Waals surface area contributed by atoms with Gasteiger partial charge in [-0.05, 0) is 60.7 Å². The van der Waals surface area contributed by atoms with Crippen molar-refractivity contribution in [3.8, 4) is 11.3 Å². The average molecular weight is 590 g/mol. The molecule has 3 amide bonds. The number of nitrogens with one attached hydrogen (secondary N) is 2. The maximum absolute atomic E-state index is 13.0. The zero-order valence-corrected chi connectivity index (χ0v) is 24.4. The van der Waals surface area contributed by atoms with E-state index in [9.17, 15) is 14.4 Å². The van der Waals surface area contributed by atoms with Crippen molar-refractivity contribution in [2.75, 3.05) is 51.0 Å². The largest absolute Gasteiger partial charge is 0.378 e. The van der Waals surface area contributed by atoms with E-state index >= 15 is 0 Å². The molecule has 11 heteroatoms. The molecule has 0 radical (unpaired) electrons. The highest BCUT2D eigenvalue weighted by atomic mass is 16.5. The lowest BCUT2D eigenvalue weighted by Gasteiger charge is -2.26. The van der Waals surface area contributed by atoms with Crippen molar-refractivity contribution in [3.63, 3.8) is 0 Å². The van der Waals surface area contributed by atoms with Crippen LogP contribution < -0.4 is 10.6 Å². The summed E-state index contributed by atoms with van der Waals surface area (Å²) in [7, 11) is 3.37. The Balaban J connectivity index is 1.20. The fourth-order valence-electron chi connectivity index (χ4n) is 4.92. The zero-order chi connectivity index (χ0) is 30.6. The van der Waals surface area contributed by atoms with Gasteiger partial charge in [-0.3, -0.25) is 14.4 Å². The Kier molecular flexibility index (Phi) is 8.02. The van der Waals surface area contributed by atoms with Crippen LogP contribution in [0.15, 0.2) is 91.4 Å². The summed E-state index contributed by atoms with van der Waals surface area (Å²) >= 11 is 0. The van der Waals surface area contributed by atoms with Crippen LogP contribution in [0.5, 0.6) is 0 Å². The number of carbonyl (C=O) groups is 3. The topological polar surface area (TPSA) is 121 Å². The molecule has 1 aliphatic rings. The second-order valence-electron chi connectivity index (χ2n) is 10.6. The third kappa shape index (κ3) is 6.13. The van der Waals surface area contributed by atoms with Crippen molar-refractivity contribution in [2.45, 2.75) is 0 Å². The SMILES string of the molecule is CN(C)C(=O)c1ccc(C(=O)Nc2cccc(-c3cn4ccnc4c(Nc4ccc(C(=O)N5CCOCC5)cc4)n3)c2)cc1. The van der Waals surface area contributed by atoms with Crippen molar-refractivity contribution in [1.82, 2.24) is 24.2 Å². The minimum Gasteiger partial charge on any atom is -0.378 e. The Morgan fingerprint density at radius 1 is 0.864 bits per heavy atom. The number of anilines is 3. The normalized spacial score (nSPS) is 13.0. The number of hydrogen-bond acceptors (Lipinski definition) is 7. The summed E-state index contributed by atoms with van der Waals surface area (Å²) in [6.07, 6.45) is 5.41. The molecule has 2 N–H and O–H groups in total. The number of rotatable bonds is 7. The van der Waals surface area contributed by atoms with Crippen LogP contribution in [0.3, 0.4) is 0 Å². The quantitative estimate of drug-likeness (QED) is 0.285. The van der Waals surface area contributed by atoms with Crippen molar-refractivity contribution >= 4 is 40.6 Å². The number of fused-ring (bicyclic) bond motifs is 1. The smallest absolute Gasteiger partial charge is 0.255 e. The predicted octanol–water partition coefficient (Wildman–Crippen LogP) is 4.57. The zero-order valence-electron chi connectivity index (χ0n) is 24.4. The van der Waals surface area contributed by atoms with Crippen LogP contribution in [-0.4, -0.2) is 82.3 Å². The average Bonchev–Trinajstić information content (AvgIpc) is 3.54. The van der Waals surface area contributed by atoms with Crippen LogP contribution in [0.4, 0.5) is 17.2 Å². The number of aromatic nitrogens is 3.